The molecular formula is C13H16N2. The van der Waals surface area contributed by atoms with Gasteiger partial charge in [-0.15, -0.1) is 0 Å². The highest BCUT2D eigenvalue weighted by Gasteiger charge is 1.96. The number of aromatic nitrogens is 1. The van der Waals surface area contributed by atoms with Crippen molar-refractivity contribution in [1.82, 2.24) is 4.98 Å². The van der Waals surface area contributed by atoms with E-state index in [0.717, 1.165) is 6.54 Å². The molecule has 1 aromatic heterocycles. The first kappa shape index (κ1) is 9.84. The van der Waals surface area contributed by atoms with Gasteiger partial charge in [-0.1, -0.05) is 6.07 Å². The lowest BCUT2D eigenvalue weighted by Crippen LogP contribution is -1.99. The first-order chi connectivity index (χ1) is 7.24. The number of aryl methyl sites for hydroxylation is 2. The molecule has 1 heterocycles. The highest BCUT2D eigenvalue weighted by molar-refractivity contribution is 5.48. The minimum Gasteiger partial charge on any atom is -0.379 e. The molecule has 0 aliphatic carbocycles. The van der Waals surface area contributed by atoms with E-state index in [2.05, 4.69) is 48.4 Å². The Morgan fingerprint density at radius 1 is 1.13 bits per heavy atom. The fourth-order valence-corrected chi connectivity index (χ4v) is 1.75. The van der Waals surface area contributed by atoms with Gasteiger partial charge in [0.05, 0.1) is 6.54 Å². The minimum atomic E-state index is 0.843. The van der Waals surface area contributed by atoms with Crippen molar-refractivity contribution in [2.75, 3.05) is 5.32 Å². The molecule has 0 atom stereocenters. The van der Waals surface area contributed by atoms with E-state index < -0.39 is 0 Å². The van der Waals surface area contributed by atoms with Gasteiger partial charge in [-0.2, -0.15) is 0 Å². The third-order valence-electron chi connectivity index (χ3n) is 2.37. The standard InChI is InChI=1S/C13H16N2/c1-10-6-11(2)8-13(7-10)15-9-12-4-3-5-14-12/h3-8,14-15H,9H2,1-2H3. The zero-order chi connectivity index (χ0) is 10.7. The fourth-order valence-electron chi connectivity index (χ4n) is 1.75. The summed E-state index contributed by atoms with van der Waals surface area (Å²) in [6.07, 6.45) is 1.94. The van der Waals surface area contributed by atoms with Crippen LogP contribution < -0.4 is 5.32 Å². The van der Waals surface area contributed by atoms with Crippen LogP contribution in [-0.2, 0) is 6.54 Å². The minimum absolute atomic E-state index is 0.843. The van der Waals surface area contributed by atoms with Crippen molar-refractivity contribution in [3.63, 3.8) is 0 Å². The van der Waals surface area contributed by atoms with Gasteiger partial charge in [-0.3, -0.25) is 0 Å². The van der Waals surface area contributed by atoms with E-state index in [1.807, 2.05) is 12.3 Å². The second-order valence-corrected chi connectivity index (χ2v) is 3.93. The Morgan fingerprint density at radius 2 is 1.87 bits per heavy atom. The maximum atomic E-state index is 3.40. The van der Waals surface area contributed by atoms with E-state index in [1.165, 1.54) is 22.5 Å². The smallest absolute Gasteiger partial charge is 0.0551 e. The molecule has 0 bridgehead atoms. The van der Waals surface area contributed by atoms with Crippen LogP contribution in [0.15, 0.2) is 36.5 Å². The maximum Gasteiger partial charge on any atom is 0.0551 e. The van der Waals surface area contributed by atoms with Crippen LogP contribution in [0.5, 0.6) is 0 Å². The summed E-state index contributed by atoms with van der Waals surface area (Å²) in [4.78, 5) is 3.17. The number of rotatable bonds is 3. The van der Waals surface area contributed by atoms with Gasteiger partial charge in [0.15, 0.2) is 0 Å². The SMILES string of the molecule is Cc1cc(C)cc(NCc2ccc[nH]2)c1. The first-order valence-electron chi connectivity index (χ1n) is 5.18. The summed E-state index contributed by atoms with van der Waals surface area (Å²) in [5, 5.41) is 3.40. The Balaban J connectivity index is 2.05. The summed E-state index contributed by atoms with van der Waals surface area (Å²) in [7, 11) is 0. The zero-order valence-corrected chi connectivity index (χ0v) is 9.17. The topological polar surface area (TPSA) is 27.8 Å². The fraction of sp³-hybridized carbons (Fsp3) is 0.231. The molecule has 0 amide bonds. The molecular weight excluding hydrogens is 184 g/mol. The number of nitrogens with one attached hydrogen (secondary N) is 2. The molecule has 2 heteroatoms. The van der Waals surface area contributed by atoms with Gasteiger partial charge in [-0.25, -0.2) is 0 Å². The average molecular weight is 200 g/mol. The van der Waals surface area contributed by atoms with Crippen molar-refractivity contribution in [3.8, 4) is 0 Å². The quantitative estimate of drug-likeness (QED) is 0.782. The monoisotopic (exact) mass is 200 g/mol. The van der Waals surface area contributed by atoms with Crippen LogP contribution in [-0.4, -0.2) is 4.98 Å². The molecule has 2 rings (SSSR count). The molecule has 0 spiro atoms. The number of hydrogen-bond donors (Lipinski definition) is 2. The Hall–Kier alpha value is -1.70. The van der Waals surface area contributed by atoms with Crippen molar-refractivity contribution in [1.29, 1.82) is 0 Å². The van der Waals surface area contributed by atoms with Crippen LogP contribution in [0.2, 0.25) is 0 Å². The van der Waals surface area contributed by atoms with Crippen LogP contribution in [0.1, 0.15) is 16.8 Å². The van der Waals surface area contributed by atoms with Gasteiger partial charge in [0.25, 0.3) is 0 Å². The predicted molar refractivity (Wildman–Crippen MR) is 64.0 cm³/mol. The van der Waals surface area contributed by atoms with Crippen LogP contribution in [0, 0.1) is 13.8 Å². The molecule has 2 aromatic rings. The van der Waals surface area contributed by atoms with Gasteiger partial charge >= 0.3 is 0 Å². The largest absolute Gasteiger partial charge is 0.379 e. The van der Waals surface area contributed by atoms with E-state index in [9.17, 15) is 0 Å². The second kappa shape index (κ2) is 4.22. The maximum absolute atomic E-state index is 3.40. The molecule has 0 radical (unpaired) electrons. The molecule has 15 heavy (non-hydrogen) atoms. The highest BCUT2D eigenvalue weighted by Crippen LogP contribution is 2.14. The molecule has 2 N–H and O–H groups in total. The number of anilines is 1. The normalized spacial score (nSPS) is 10.3. The number of aromatic amines is 1. The van der Waals surface area contributed by atoms with Crippen molar-refractivity contribution in [2.24, 2.45) is 0 Å². The van der Waals surface area contributed by atoms with Crippen LogP contribution in [0.4, 0.5) is 5.69 Å². The van der Waals surface area contributed by atoms with Crippen molar-refractivity contribution in [2.45, 2.75) is 20.4 Å². The lowest BCUT2D eigenvalue weighted by molar-refractivity contribution is 1.07. The van der Waals surface area contributed by atoms with Gasteiger partial charge in [0.1, 0.15) is 0 Å². The Labute approximate surface area is 90.3 Å². The van der Waals surface area contributed by atoms with Gasteiger partial charge in [0.2, 0.25) is 0 Å². The average Bonchev–Trinajstić information content (AvgIpc) is 2.65. The van der Waals surface area contributed by atoms with Gasteiger partial charge in [0, 0.05) is 17.6 Å². The number of benzene rings is 1. The molecule has 0 aliphatic heterocycles. The van der Waals surface area contributed by atoms with Crippen LogP contribution in [0.25, 0.3) is 0 Å². The predicted octanol–water partition coefficient (Wildman–Crippen LogP) is 3.24. The zero-order valence-electron chi connectivity index (χ0n) is 9.17. The summed E-state index contributed by atoms with van der Waals surface area (Å²) < 4.78 is 0. The van der Waals surface area contributed by atoms with Crippen LogP contribution >= 0.6 is 0 Å². The number of H-pyrrole nitrogens is 1. The van der Waals surface area contributed by atoms with E-state index >= 15 is 0 Å². The third-order valence-corrected chi connectivity index (χ3v) is 2.37. The summed E-state index contributed by atoms with van der Waals surface area (Å²) >= 11 is 0. The van der Waals surface area contributed by atoms with E-state index in [4.69, 9.17) is 0 Å². The molecule has 78 valence electrons. The molecule has 0 saturated heterocycles. The van der Waals surface area contributed by atoms with Gasteiger partial charge in [-0.05, 0) is 49.2 Å². The summed E-state index contributed by atoms with van der Waals surface area (Å²) in [6, 6.07) is 10.6. The molecule has 0 unspecified atom stereocenters. The molecule has 0 saturated carbocycles. The first-order valence-corrected chi connectivity index (χ1v) is 5.18. The summed E-state index contributed by atoms with van der Waals surface area (Å²) in [5.74, 6) is 0. The Morgan fingerprint density at radius 3 is 2.47 bits per heavy atom. The third kappa shape index (κ3) is 2.62. The highest BCUT2D eigenvalue weighted by atomic mass is 14.9. The Kier molecular flexibility index (Phi) is 2.77. The van der Waals surface area contributed by atoms with Gasteiger partial charge < -0.3 is 10.3 Å². The number of hydrogen-bond acceptors (Lipinski definition) is 1. The molecule has 0 aliphatic rings. The lowest BCUT2D eigenvalue weighted by Gasteiger charge is -2.07. The molecule has 1 aromatic carbocycles. The van der Waals surface area contributed by atoms with E-state index in [1.54, 1.807) is 0 Å². The van der Waals surface area contributed by atoms with Crippen molar-refractivity contribution < 1.29 is 0 Å². The Bertz CT molecular complexity index is 410. The van der Waals surface area contributed by atoms with Crippen LogP contribution in [0.3, 0.4) is 0 Å². The second-order valence-electron chi connectivity index (χ2n) is 3.93. The van der Waals surface area contributed by atoms with Crippen molar-refractivity contribution in [3.05, 3.63) is 53.3 Å². The molecule has 2 nitrogen and oxygen atoms in total. The summed E-state index contributed by atoms with van der Waals surface area (Å²) in [5.41, 5.74) is 4.98. The van der Waals surface area contributed by atoms with E-state index in [0.29, 0.717) is 0 Å². The summed E-state index contributed by atoms with van der Waals surface area (Å²) in [6.45, 7) is 5.08. The molecule has 0 fully saturated rings. The van der Waals surface area contributed by atoms with Crippen molar-refractivity contribution >= 4 is 5.69 Å². The van der Waals surface area contributed by atoms with E-state index in [-0.39, 0.29) is 0 Å². The lowest BCUT2D eigenvalue weighted by atomic mass is 10.1.